The van der Waals surface area contributed by atoms with Gasteiger partial charge in [-0.25, -0.2) is 0 Å². The van der Waals surface area contributed by atoms with Crippen molar-refractivity contribution in [2.45, 2.75) is 109 Å². The Morgan fingerprint density at radius 3 is 2.44 bits per heavy atom. The fraction of sp³-hybridized carbons (Fsp3) is 0.774. The van der Waals surface area contributed by atoms with E-state index in [9.17, 15) is 19.5 Å². The van der Waals surface area contributed by atoms with E-state index in [1.54, 1.807) is 17.1 Å². The van der Waals surface area contributed by atoms with E-state index in [1.807, 2.05) is 11.8 Å². The molecule has 3 aliphatic heterocycles. The zero-order valence-electron chi connectivity index (χ0n) is 25.0. The Morgan fingerprint density at radius 2 is 1.87 bits per heavy atom. The average molecular weight is 547 g/mol. The number of esters is 1. The molecule has 2 bridgehead atoms. The van der Waals surface area contributed by atoms with Crippen LogP contribution in [-0.4, -0.2) is 81.8 Å². The van der Waals surface area contributed by atoms with E-state index in [2.05, 4.69) is 47.8 Å². The maximum atomic E-state index is 14.7. The number of aliphatic hydroxyl groups is 1. The van der Waals surface area contributed by atoms with Gasteiger partial charge in [0.25, 0.3) is 0 Å². The normalized spacial score (nSPS) is 29.9. The van der Waals surface area contributed by atoms with Gasteiger partial charge >= 0.3 is 5.97 Å². The van der Waals surface area contributed by atoms with Crippen molar-refractivity contribution in [2.24, 2.45) is 17.3 Å². The summed E-state index contributed by atoms with van der Waals surface area (Å²) in [5.74, 6) is -2.36. The van der Waals surface area contributed by atoms with Gasteiger partial charge in [-0.15, -0.1) is 13.2 Å². The minimum atomic E-state index is -1.09. The topological polar surface area (TPSA) is 96.4 Å². The number of ether oxygens (including phenoxy) is 2. The first-order valence-corrected chi connectivity index (χ1v) is 14.6. The Labute approximate surface area is 234 Å². The van der Waals surface area contributed by atoms with Crippen molar-refractivity contribution in [3.05, 3.63) is 25.3 Å². The third kappa shape index (κ3) is 5.69. The van der Waals surface area contributed by atoms with Crippen LogP contribution in [0.3, 0.4) is 0 Å². The molecule has 2 unspecified atom stereocenters. The van der Waals surface area contributed by atoms with Crippen LogP contribution in [0.15, 0.2) is 25.3 Å². The molecule has 3 rings (SSSR count). The summed E-state index contributed by atoms with van der Waals surface area (Å²) in [7, 11) is 0. The number of likely N-dealkylation sites (tertiary alicyclic amines) is 1. The fourth-order valence-electron chi connectivity index (χ4n) is 7.63. The average Bonchev–Trinajstić information content (AvgIpc) is 3.44. The molecule has 0 aliphatic carbocycles. The molecule has 0 aromatic rings. The van der Waals surface area contributed by atoms with Gasteiger partial charge in [-0.1, -0.05) is 39.8 Å². The van der Waals surface area contributed by atoms with Crippen molar-refractivity contribution in [1.29, 1.82) is 0 Å². The molecule has 8 nitrogen and oxygen atoms in total. The monoisotopic (exact) mass is 546 g/mol. The second-order valence-corrected chi connectivity index (χ2v) is 13.3. The Balaban J connectivity index is 2.09. The van der Waals surface area contributed by atoms with Crippen molar-refractivity contribution < 1.29 is 29.0 Å². The molecule has 39 heavy (non-hydrogen) atoms. The van der Waals surface area contributed by atoms with Gasteiger partial charge < -0.3 is 24.4 Å². The van der Waals surface area contributed by atoms with Gasteiger partial charge in [0.05, 0.1) is 18.1 Å². The number of aliphatic hydroxyl groups excluding tert-OH is 1. The van der Waals surface area contributed by atoms with E-state index in [-0.39, 0.29) is 30.4 Å². The first-order chi connectivity index (χ1) is 18.2. The van der Waals surface area contributed by atoms with E-state index in [0.717, 1.165) is 6.42 Å². The van der Waals surface area contributed by atoms with Crippen LogP contribution in [0.5, 0.6) is 0 Å². The van der Waals surface area contributed by atoms with Gasteiger partial charge in [-0.2, -0.15) is 0 Å². The number of carbonyl (C=O) groups is 3. The van der Waals surface area contributed by atoms with Crippen molar-refractivity contribution in [1.82, 2.24) is 9.80 Å². The van der Waals surface area contributed by atoms with E-state index in [0.29, 0.717) is 51.6 Å². The van der Waals surface area contributed by atoms with Gasteiger partial charge in [-0.3, -0.25) is 14.4 Å². The van der Waals surface area contributed by atoms with Crippen molar-refractivity contribution in [3.8, 4) is 0 Å². The number of rotatable bonds is 14. The Morgan fingerprint density at radius 1 is 1.18 bits per heavy atom. The van der Waals surface area contributed by atoms with E-state index >= 15 is 0 Å². The second kappa shape index (κ2) is 11.7. The Bertz CT molecular complexity index is 955. The molecular weight excluding hydrogens is 496 g/mol. The van der Waals surface area contributed by atoms with Gasteiger partial charge in [0, 0.05) is 25.2 Å². The van der Waals surface area contributed by atoms with Crippen LogP contribution in [0.25, 0.3) is 0 Å². The number of nitrogens with zero attached hydrogens (tertiary/aromatic N) is 2. The van der Waals surface area contributed by atoms with Crippen LogP contribution >= 0.6 is 0 Å². The second-order valence-electron chi connectivity index (χ2n) is 13.3. The van der Waals surface area contributed by atoms with Crippen LogP contribution in [-0.2, 0) is 23.9 Å². The lowest BCUT2D eigenvalue weighted by atomic mass is 9.65. The van der Waals surface area contributed by atoms with E-state index in [4.69, 9.17) is 9.47 Å². The molecule has 1 spiro atoms. The third-order valence-electron chi connectivity index (χ3n) is 8.81. The van der Waals surface area contributed by atoms with Gasteiger partial charge in [0.2, 0.25) is 11.8 Å². The zero-order chi connectivity index (χ0) is 29.2. The predicted octanol–water partition coefficient (Wildman–Crippen LogP) is 4.26. The molecular formula is C31H50N2O6. The van der Waals surface area contributed by atoms with Gasteiger partial charge in [0.15, 0.2) is 0 Å². The highest BCUT2D eigenvalue weighted by Gasteiger charge is 2.79. The van der Waals surface area contributed by atoms with Crippen LogP contribution < -0.4 is 0 Å². The summed E-state index contributed by atoms with van der Waals surface area (Å²) >= 11 is 0. The first-order valence-electron chi connectivity index (χ1n) is 14.6. The fourth-order valence-corrected chi connectivity index (χ4v) is 7.63. The number of amides is 2. The maximum Gasteiger partial charge on any atom is 0.312 e. The number of fused-ring (bicyclic) bond motifs is 1. The minimum absolute atomic E-state index is 0.00409. The van der Waals surface area contributed by atoms with Crippen LogP contribution in [0.4, 0.5) is 0 Å². The molecule has 220 valence electrons. The Kier molecular flexibility index (Phi) is 9.43. The smallest absolute Gasteiger partial charge is 0.312 e. The van der Waals surface area contributed by atoms with Gasteiger partial charge in [0.1, 0.15) is 17.6 Å². The number of carbonyl (C=O) groups excluding carboxylic acids is 3. The maximum absolute atomic E-state index is 14.7. The summed E-state index contributed by atoms with van der Waals surface area (Å²) in [6.45, 7) is 21.0. The summed E-state index contributed by atoms with van der Waals surface area (Å²) in [5.41, 5.74) is -2.47. The lowest BCUT2D eigenvalue weighted by molar-refractivity contribution is -0.163. The Hall–Kier alpha value is -2.19. The van der Waals surface area contributed by atoms with Crippen LogP contribution in [0.2, 0.25) is 0 Å². The standard InChI is InChI=1S/C31H50N2O6/c1-9-12-20-38-27(37)23-22-25(35)32(18-13-14-19-34)24(31(22)16-15-30(23,11-3)39-31)26(36)33(17-10-2)29(7,8)21-28(4,5)6/h9-10,22-24,34H,1-2,11-21H2,3-8H3/t22-,23-,24?,30+,31?/m0/s1. The molecule has 2 amide bonds. The molecule has 5 atom stereocenters. The largest absolute Gasteiger partial charge is 0.465 e. The third-order valence-corrected chi connectivity index (χ3v) is 8.81. The minimum Gasteiger partial charge on any atom is -0.465 e. The van der Waals surface area contributed by atoms with Gasteiger partial charge in [-0.05, 0) is 64.2 Å². The van der Waals surface area contributed by atoms with Crippen molar-refractivity contribution in [3.63, 3.8) is 0 Å². The van der Waals surface area contributed by atoms with Crippen LogP contribution in [0, 0.1) is 17.3 Å². The zero-order valence-corrected chi connectivity index (χ0v) is 25.0. The lowest BCUT2D eigenvalue weighted by Gasteiger charge is -2.45. The van der Waals surface area contributed by atoms with Crippen LogP contribution in [0.1, 0.15) is 86.5 Å². The summed E-state index contributed by atoms with van der Waals surface area (Å²) < 4.78 is 12.5. The molecule has 0 saturated carbocycles. The van der Waals surface area contributed by atoms with Crippen molar-refractivity contribution >= 4 is 17.8 Å². The molecule has 0 radical (unpaired) electrons. The summed E-state index contributed by atoms with van der Waals surface area (Å²) in [5, 5.41) is 9.42. The predicted molar refractivity (Wildman–Crippen MR) is 151 cm³/mol. The molecule has 1 N–H and O–H groups in total. The molecule has 3 aliphatic rings. The number of unbranched alkanes of at least 4 members (excludes halogenated alkanes) is 1. The molecule has 3 fully saturated rings. The summed E-state index contributed by atoms with van der Waals surface area (Å²) in [6.07, 6.45) is 7.43. The molecule has 0 aromatic heterocycles. The highest BCUT2D eigenvalue weighted by atomic mass is 16.6. The highest BCUT2D eigenvalue weighted by Crippen LogP contribution is 2.64. The summed E-state index contributed by atoms with van der Waals surface area (Å²) in [6, 6.07) is -0.854. The molecule has 3 saturated heterocycles. The molecule has 3 heterocycles. The first kappa shape index (κ1) is 31.3. The SMILES string of the molecule is C=CCCOC(=O)[C@@H]1[C@H]2C(=O)N(CCCCO)C(C(=O)N(CC=C)C(C)(C)CC(C)(C)C)C23CC[C@@]1(CC)O3. The van der Waals surface area contributed by atoms with E-state index < -0.39 is 40.6 Å². The van der Waals surface area contributed by atoms with Crippen molar-refractivity contribution in [2.75, 3.05) is 26.3 Å². The number of hydrogen-bond donors (Lipinski definition) is 1. The molecule has 0 aromatic carbocycles. The quantitative estimate of drug-likeness (QED) is 0.199. The summed E-state index contributed by atoms with van der Waals surface area (Å²) in [4.78, 5) is 45.9. The van der Waals surface area contributed by atoms with E-state index in [1.165, 1.54) is 0 Å². The lowest BCUT2D eigenvalue weighted by Crippen LogP contribution is -2.61. The number of hydrogen-bond acceptors (Lipinski definition) is 6. The highest BCUT2D eigenvalue weighted by molar-refractivity contribution is 5.98. The molecule has 8 heteroatoms.